The Kier molecular flexibility index (Phi) is 12.6. The summed E-state index contributed by atoms with van der Waals surface area (Å²) in [6.07, 6.45) is 5.35. The normalized spacial score (nSPS) is 12.6. The molecule has 0 aliphatic rings. The number of ketones is 1. The molecule has 0 unspecified atom stereocenters. The summed E-state index contributed by atoms with van der Waals surface area (Å²) in [5.41, 5.74) is 1.62. The van der Waals surface area contributed by atoms with E-state index in [1.54, 1.807) is 37.6 Å². The number of methoxy groups -OCH3 is 2. The molecule has 1 heterocycles. The molecule has 9 heteroatoms. The summed E-state index contributed by atoms with van der Waals surface area (Å²) in [5, 5.41) is 5.74. The van der Waals surface area contributed by atoms with Gasteiger partial charge in [0.25, 0.3) is 0 Å². The van der Waals surface area contributed by atoms with Gasteiger partial charge in [-0.05, 0) is 54.7 Å². The number of rotatable bonds is 16. The smallest absolute Gasteiger partial charge is 0.244 e. The number of thioether (sulfide) groups is 1. The maximum Gasteiger partial charge on any atom is 0.244 e. The van der Waals surface area contributed by atoms with E-state index in [0.717, 1.165) is 11.3 Å². The lowest BCUT2D eigenvalue weighted by atomic mass is 10.00. The van der Waals surface area contributed by atoms with Gasteiger partial charge in [-0.25, -0.2) is 0 Å². The maximum absolute atomic E-state index is 13.5. The van der Waals surface area contributed by atoms with Gasteiger partial charge < -0.3 is 24.5 Å². The molecule has 1 aromatic heterocycles. The first-order chi connectivity index (χ1) is 19.8. The minimum atomic E-state index is -0.813. The minimum Gasteiger partial charge on any atom is -0.497 e. The Bertz CT molecular complexity index is 1290. The summed E-state index contributed by atoms with van der Waals surface area (Å²) < 4.78 is 16.0. The van der Waals surface area contributed by atoms with Crippen molar-refractivity contribution in [1.29, 1.82) is 0 Å². The molecule has 0 saturated carbocycles. The molecule has 0 radical (unpaired) electrons. The van der Waals surface area contributed by atoms with Crippen LogP contribution in [-0.2, 0) is 26.6 Å². The zero-order valence-corrected chi connectivity index (χ0v) is 24.7. The second kappa shape index (κ2) is 16.3. The lowest BCUT2D eigenvalue weighted by Crippen LogP contribution is -2.52. The molecular formula is C32H38N2O6S. The van der Waals surface area contributed by atoms with Crippen LogP contribution >= 0.6 is 11.8 Å². The topological polar surface area (TPSA) is 107 Å². The SMILES string of the molecule is COc1ccc(C=CC(=O)N[C@@H](CC(C)C)C(=O)N[C@@H](Cc2ccccc2)C(=O)CSCc2ccco2)c(OC)c1. The second-order valence-electron chi connectivity index (χ2n) is 9.92. The third-order valence-corrected chi connectivity index (χ3v) is 7.23. The van der Waals surface area contributed by atoms with E-state index >= 15 is 0 Å². The Labute approximate surface area is 245 Å². The number of benzene rings is 2. The van der Waals surface area contributed by atoms with Crippen LogP contribution in [0.1, 0.15) is 37.2 Å². The molecule has 2 N–H and O–H groups in total. The van der Waals surface area contributed by atoms with Crippen LogP contribution in [0.3, 0.4) is 0 Å². The van der Waals surface area contributed by atoms with E-state index in [-0.39, 0.29) is 17.5 Å². The van der Waals surface area contributed by atoms with Crippen LogP contribution in [0.2, 0.25) is 0 Å². The van der Waals surface area contributed by atoms with Crippen LogP contribution in [0.4, 0.5) is 0 Å². The molecule has 2 amide bonds. The molecule has 218 valence electrons. The van der Waals surface area contributed by atoms with Gasteiger partial charge in [0.05, 0.1) is 38.0 Å². The Morgan fingerprint density at radius 2 is 1.73 bits per heavy atom. The van der Waals surface area contributed by atoms with Gasteiger partial charge in [-0.3, -0.25) is 14.4 Å². The van der Waals surface area contributed by atoms with E-state index in [4.69, 9.17) is 13.9 Å². The van der Waals surface area contributed by atoms with Crippen molar-refractivity contribution in [1.82, 2.24) is 10.6 Å². The number of hydrogen-bond donors (Lipinski definition) is 2. The van der Waals surface area contributed by atoms with Crippen molar-refractivity contribution in [2.24, 2.45) is 5.92 Å². The zero-order chi connectivity index (χ0) is 29.6. The Morgan fingerprint density at radius 1 is 0.951 bits per heavy atom. The van der Waals surface area contributed by atoms with Crippen LogP contribution < -0.4 is 20.1 Å². The third kappa shape index (κ3) is 10.5. The van der Waals surface area contributed by atoms with E-state index in [0.29, 0.717) is 35.7 Å². The van der Waals surface area contributed by atoms with Crippen molar-refractivity contribution >= 4 is 35.4 Å². The average molecular weight is 579 g/mol. The monoisotopic (exact) mass is 578 g/mol. The fourth-order valence-electron chi connectivity index (χ4n) is 4.16. The Morgan fingerprint density at radius 3 is 2.39 bits per heavy atom. The van der Waals surface area contributed by atoms with Gasteiger partial charge >= 0.3 is 0 Å². The predicted molar refractivity (Wildman–Crippen MR) is 162 cm³/mol. The van der Waals surface area contributed by atoms with Crippen LogP contribution in [0, 0.1) is 5.92 Å². The summed E-state index contributed by atoms with van der Waals surface area (Å²) >= 11 is 1.43. The fourth-order valence-corrected chi connectivity index (χ4v) is 5.03. The van der Waals surface area contributed by atoms with Crippen molar-refractivity contribution < 1.29 is 28.3 Å². The maximum atomic E-state index is 13.5. The van der Waals surface area contributed by atoms with E-state index in [2.05, 4.69) is 10.6 Å². The van der Waals surface area contributed by atoms with Gasteiger partial charge in [0.1, 0.15) is 23.3 Å². The standard InChI is InChI=1S/C32H38N2O6S/c1-22(2)17-28(33-31(36)15-13-24-12-14-25(38-3)19-30(24)39-4)32(37)34-27(18-23-9-6-5-7-10-23)29(35)21-41-20-26-11-8-16-40-26/h5-16,19,22,27-28H,17-18,20-21H2,1-4H3,(H,33,36)(H,34,37)/t27-,28-/m0/s1. The molecule has 0 saturated heterocycles. The Hall–Kier alpha value is -3.98. The van der Waals surface area contributed by atoms with Gasteiger partial charge in [0.15, 0.2) is 5.78 Å². The number of Topliss-reactive ketones (excluding diaryl/α,β-unsaturated/α-hetero) is 1. The van der Waals surface area contributed by atoms with Crippen LogP contribution in [0.15, 0.2) is 77.4 Å². The first-order valence-corrected chi connectivity index (χ1v) is 14.6. The summed E-state index contributed by atoms with van der Waals surface area (Å²) in [5.74, 6) is 1.95. The highest BCUT2D eigenvalue weighted by molar-refractivity contribution is 7.99. The lowest BCUT2D eigenvalue weighted by molar-refractivity contribution is -0.130. The van der Waals surface area contributed by atoms with Crippen LogP contribution in [0.5, 0.6) is 11.5 Å². The number of nitrogens with one attached hydrogen (secondary N) is 2. The van der Waals surface area contributed by atoms with Crippen molar-refractivity contribution in [3.05, 3.63) is 89.9 Å². The van der Waals surface area contributed by atoms with E-state index in [1.807, 2.05) is 56.3 Å². The first-order valence-electron chi connectivity index (χ1n) is 13.5. The van der Waals surface area contributed by atoms with E-state index in [1.165, 1.54) is 24.9 Å². The van der Waals surface area contributed by atoms with Gasteiger partial charge in [-0.2, -0.15) is 0 Å². The molecule has 0 fully saturated rings. The van der Waals surface area contributed by atoms with Crippen molar-refractivity contribution in [2.75, 3.05) is 20.0 Å². The number of carbonyl (C=O) groups is 3. The van der Waals surface area contributed by atoms with Crippen LogP contribution in [0.25, 0.3) is 6.08 Å². The molecule has 41 heavy (non-hydrogen) atoms. The van der Waals surface area contributed by atoms with Gasteiger partial charge in [0.2, 0.25) is 11.8 Å². The summed E-state index contributed by atoms with van der Waals surface area (Å²) in [7, 11) is 3.10. The first kappa shape index (κ1) is 31.5. The van der Waals surface area contributed by atoms with E-state index in [9.17, 15) is 14.4 Å². The molecule has 2 atom stereocenters. The molecule has 3 aromatic rings. The highest BCUT2D eigenvalue weighted by Crippen LogP contribution is 2.25. The number of carbonyl (C=O) groups excluding carboxylic acids is 3. The highest BCUT2D eigenvalue weighted by Gasteiger charge is 2.27. The van der Waals surface area contributed by atoms with Crippen molar-refractivity contribution in [3.63, 3.8) is 0 Å². The molecule has 0 aliphatic carbocycles. The Balaban J connectivity index is 1.69. The summed E-state index contributed by atoms with van der Waals surface area (Å²) in [6.45, 7) is 3.95. The summed E-state index contributed by atoms with van der Waals surface area (Å²) in [4.78, 5) is 39.6. The molecule has 0 aliphatic heterocycles. The molecule has 8 nitrogen and oxygen atoms in total. The van der Waals surface area contributed by atoms with Gasteiger partial charge in [-0.1, -0.05) is 44.2 Å². The molecule has 2 aromatic carbocycles. The molecule has 0 bridgehead atoms. The second-order valence-corrected chi connectivity index (χ2v) is 10.9. The zero-order valence-electron chi connectivity index (χ0n) is 23.9. The number of furan rings is 1. The van der Waals surface area contributed by atoms with Crippen LogP contribution in [-0.4, -0.2) is 49.7 Å². The number of ether oxygens (including phenoxy) is 2. The van der Waals surface area contributed by atoms with Crippen molar-refractivity contribution in [2.45, 2.75) is 44.5 Å². The summed E-state index contributed by atoms with van der Waals surface area (Å²) in [6, 6.07) is 16.9. The fraction of sp³-hybridized carbons (Fsp3) is 0.344. The molecule has 3 rings (SSSR count). The minimum absolute atomic E-state index is 0.0973. The molecular weight excluding hydrogens is 540 g/mol. The van der Waals surface area contributed by atoms with Gasteiger partial charge in [0, 0.05) is 17.7 Å². The number of hydrogen-bond acceptors (Lipinski definition) is 7. The van der Waals surface area contributed by atoms with Gasteiger partial charge in [-0.15, -0.1) is 11.8 Å². The lowest BCUT2D eigenvalue weighted by Gasteiger charge is -2.24. The highest BCUT2D eigenvalue weighted by atomic mass is 32.2. The van der Waals surface area contributed by atoms with E-state index < -0.39 is 23.9 Å². The molecule has 0 spiro atoms. The largest absolute Gasteiger partial charge is 0.497 e. The predicted octanol–water partition coefficient (Wildman–Crippen LogP) is 5.07. The average Bonchev–Trinajstić information content (AvgIpc) is 3.49. The van der Waals surface area contributed by atoms with Crippen molar-refractivity contribution in [3.8, 4) is 11.5 Å². The quantitative estimate of drug-likeness (QED) is 0.229. The number of amides is 2. The third-order valence-electron chi connectivity index (χ3n) is 6.25.